The highest BCUT2D eigenvalue weighted by Gasteiger charge is 2.07. The molecule has 1 N–H and O–H groups in total. The van der Waals surface area contributed by atoms with Crippen molar-refractivity contribution in [1.82, 2.24) is 9.78 Å². The van der Waals surface area contributed by atoms with Gasteiger partial charge in [0.25, 0.3) is 0 Å². The maximum atomic E-state index is 13.1. The maximum absolute atomic E-state index is 13.1. The van der Waals surface area contributed by atoms with E-state index in [4.69, 9.17) is 5.11 Å². The van der Waals surface area contributed by atoms with Gasteiger partial charge < -0.3 is 5.11 Å². The smallest absolute Gasteiger partial charge is 0.165 e. The summed E-state index contributed by atoms with van der Waals surface area (Å²) < 4.78 is 14.9. The summed E-state index contributed by atoms with van der Waals surface area (Å²) in [5, 5.41) is 13.2. The van der Waals surface area contributed by atoms with E-state index in [9.17, 15) is 4.39 Å². The van der Waals surface area contributed by atoms with Crippen molar-refractivity contribution >= 4 is 0 Å². The maximum Gasteiger partial charge on any atom is 0.165 e. The highest BCUT2D eigenvalue weighted by molar-refractivity contribution is 5.60. The molecule has 4 heteroatoms. The van der Waals surface area contributed by atoms with E-state index in [0.717, 1.165) is 12.2 Å². The topological polar surface area (TPSA) is 38.0 Å². The van der Waals surface area contributed by atoms with Gasteiger partial charge in [-0.1, -0.05) is 0 Å². The third kappa shape index (κ3) is 1.70. The molecule has 3 nitrogen and oxygen atoms in total. The van der Waals surface area contributed by atoms with Gasteiger partial charge in [0.1, 0.15) is 0 Å². The van der Waals surface area contributed by atoms with Crippen molar-refractivity contribution in [2.75, 3.05) is 0 Å². The molecule has 0 spiro atoms. The van der Waals surface area contributed by atoms with Gasteiger partial charge in [-0.25, -0.2) is 4.39 Å². The average Bonchev–Trinajstić information content (AvgIpc) is 2.70. The Morgan fingerprint density at radius 3 is 2.87 bits per heavy atom. The standard InChI is InChI=1S/C11H11FN2O/c1-2-14-10(5-6-13-14)8-3-4-11(15)9(12)7-8/h3-7,15H,2H2,1H3. The van der Waals surface area contributed by atoms with Crippen LogP contribution in [0.3, 0.4) is 0 Å². The zero-order valence-corrected chi connectivity index (χ0v) is 8.31. The molecule has 15 heavy (non-hydrogen) atoms. The van der Waals surface area contributed by atoms with Crippen LogP contribution in [0.25, 0.3) is 11.3 Å². The second-order valence-corrected chi connectivity index (χ2v) is 3.20. The fourth-order valence-corrected chi connectivity index (χ4v) is 1.50. The van der Waals surface area contributed by atoms with Crippen LogP contribution < -0.4 is 0 Å². The number of benzene rings is 1. The van der Waals surface area contributed by atoms with Crippen LogP contribution in [-0.4, -0.2) is 14.9 Å². The number of hydrogen-bond donors (Lipinski definition) is 1. The van der Waals surface area contributed by atoms with Crippen molar-refractivity contribution in [3.8, 4) is 17.0 Å². The highest BCUT2D eigenvalue weighted by Crippen LogP contribution is 2.24. The lowest BCUT2D eigenvalue weighted by atomic mass is 10.1. The van der Waals surface area contributed by atoms with Crippen molar-refractivity contribution in [2.24, 2.45) is 0 Å². The fourth-order valence-electron chi connectivity index (χ4n) is 1.50. The molecular weight excluding hydrogens is 195 g/mol. The first-order valence-electron chi connectivity index (χ1n) is 4.73. The van der Waals surface area contributed by atoms with Crippen LogP contribution in [0, 0.1) is 5.82 Å². The largest absolute Gasteiger partial charge is 0.505 e. The van der Waals surface area contributed by atoms with E-state index in [2.05, 4.69) is 5.10 Å². The zero-order chi connectivity index (χ0) is 10.8. The van der Waals surface area contributed by atoms with Crippen LogP contribution in [0.1, 0.15) is 6.92 Å². The SMILES string of the molecule is CCn1nccc1-c1ccc(O)c(F)c1. The van der Waals surface area contributed by atoms with Crippen LogP contribution in [0.4, 0.5) is 4.39 Å². The Labute approximate surface area is 86.8 Å². The first-order valence-corrected chi connectivity index (χ1v) is 4.73. The lowest BCUT2D eigenvalue weighted by Gasteiger charge is -2.05. The molecule has 0 saturated carbocycles. The number of nitrogens with zero attached hydrogens (tertiary/aromatic N) is 2. The minimum atomic E-state index is -0.614. The van der Waals surface area contributed by atoms with Crippen molar-refractivity contribution in [3.63, 3.8) is 0 Å². The predicted octanol–water partition coefficient (Wildman–Crippen LogP) is 2.41. The summed E-state index contributed by atoms with van der Waals surface area (Å²) in [5.41, 5.74) is 1.56. The molecule has 78 valence electrons. The van der Waals surface area contributed by atoms with E-state index in [-0.39, 0.29) is 5.75 Å². The fraction of sp³-hybridized carbons (Fsp3) is 0.182. The second kappa shape index (κ2) is 3.73. The summed E-state index contributed by atoms with van der Waals surface area (Å²) in [6, 6.07) is 6.13. The molecule has 0 aliphatic rings. The molecule has 0 amide bonds. The number of hydrogen-bond acceptors (Lipinski definition) is 2. The minimum Gasteiger partial charge on any atom is -0.505 e. The molecule has 0 aliphatic heterocycles. The van der Waals surface area contributed by atoms with Gasteiger partial charge in [-0.15, -0.1) is 0 Å². The molecule has 0 radical (unpaired) electrons. The highest BCUT2D eigenvalue weighted by atomic mass is 19.1. The summed E-state index contributed by atoms with van der Waals surface area (Å²) in [4.78, 5) is 0. The minimum absolute atomic E-state index is 0.332. The number of phenolic OH excluding ortho intramolecular Hbond substituents is 1. The normalized spacial score (nSPS) is 10.5. The van der Waals surface area contributed by atoms with Crippen molar-refractivity contribution in [2.45, 2.75) is 13.5 Å². The monoisotopic (exact) mass is 206 g/mol. The molecule has 0 unspecified atom stereocenters. The molecule has 0 atom stereocenters. The first kappa shape index (κ1) is 9.71. The van der Waals surface area contributed by atoms with E-state index >= 15 is 0 Å². The summed E-state index contributed by atoms with van der Waals surface area (Å²) in [7, 11) is 0. The average molecular weight is 206 g/mol. The molecule has 2 rings (SSSR count). The Kier molecular flexibility index (Phi) is 2.41. The van der Waals surface area contributed by atoms with Crippen LogP contribution >= 0.6 is 0 Å². The third-order valence-corrected chi connectivity index (χ3v) is 2.26. The molecule has 0 fully saturated rings. The van der Waals surface area contributed by atoms with Crippen LogP contribution in [0.15, 0.2) is 30.5 Å². The van der Waals surface area contributed by atoms with Crippen LogP contribution in [-0.2, 0) is 6.54 Å². The summed E-state index contributed by atoms with van der Waals surface area (Å²) in [5.74, 6) is -0.947. The summed E-state index contributed by atoms with van der Waals surface area (Å²) in [6.45, 7) is 2.69. The number of phenols is 1. The summed E-state index contributed by atoms with van der Waals surface area (Å²) >= 11 is 0. The molecule has 1 heterocycles. The molecule has 0 aliphatic carbocycles. The number of aromatic hydroxyl groups is 1. The quantitative estimate of drug-likeness (QED) is 0.819. The van der Waals surface area contributed by atoms with Gasteiger partial charge in [0.2, 0.25) is 0 Å². The van der Waals surface area contributed by atoms with E-state index in [1.54, 1.807) is 16.9 Å². The molecule has 2 aromatic rings. The predicted molar refractivity (Wildman–Crippen MR) is 55.0 cm³/mol. The van der Waals surface area contributed by atoms with E-state index < -0.39 is 5.82 Å². The summed E-state index contributed by atoms with van der Waals surface area (Å²) in [6.07, 6.45) is 1.67. The zero-order valence-electron chi connectivity index (χ0n) is 8.31. The van der Waals surface area contributed by atoms with Gasteiger partial charge in [0.05, 0.1) is 5.69 Å². The number of rotatable bonds is 2. The Morgan fingerprint density at radius 1 is 1.40 bits per heavy atom. The lowest BCUT2D eigenvalue weighted by Crippen LogP contribution is -1.98. The van der Waals surface area contributed by atoms with Crippen molar-refractivity contribution in [3.05, 3.63) is 36.3 Å². The van der Waals surface area contributed by atoms with Gasteiger partial charge in [0, 0.05) is 18.3 Å². The Bertz CT molecular complexity index is 479. The van der Waals surface area contributed by atoms with E-state index in [1.807, 2.05) is 13.0 Å². The van der Waals surface area contributed by atoms with Gasteiger partial charge >= 0.3 is 0 Å². The van der Waals surface area contributed by atoms with Crippen molar-refractivity contribution < 1.29 is 9.50 Å². The van der Waals surface area contributed by atoms with Gasteiger partial charge in [-0.3, -0.25) is 4.68 Å². The second-order valence-electron chi connectivity index (χ2n) is 3.20. The number of halogens is 1. The van der Waals surface area contributed by atoms with E-state index in [0.29, 0.717) is 5.56 Å². The van der Waals surface area contributed by atoms with Crippen molar-refractivity contribution in [1.29, 1.82) is 0 Å². The third-order valence-electron chi connectivity index (χ3n) is 2.26. The molecule has 0 saturated heterocycles. The Hall–Kier alpha value is -1.84. The van der Waals surface area contributed by atoms with Gasteiger partial charge in [0.15, 0.2) is 11.6 Å². The molecule has 0 bridgehead atoms. The van der Waals surface area contributed by atoms with Crippen LogP contribution in [0.2, 0.25) is 0 Å². The molecular formula is C11H11FN2O. The first-order chi connectivity index (χ1) is 7.22. The lowest BCUT2D eigenvalue weighted by molar-refractivity contribution is 0.432. The van der Waals surface area contributed by atoms with Crippen LogP contribution in [0.5, 0.6) is 5.75 Å². The number of aromatic nitrogens is 2. The Balaban J connectivity index is 2.50. The van der Waals surface area contributed by atoms with Gasteiger partial charge in [-0.2, -0.15) is 5.10 Å². The Morgan fingerprint density at radius 2 is 2.20 bits per heavy atom. The van der Waals surface area contributed by atoms with Gasteiger partial charge in [-0.05, 0) is 31.2 Å². The molecule has 1 aromatic heterocycles. The molecule has 1 aromatic carbocycles. The number of aryl methyl sites for hydroxylation is 1. The van der Waals surface area contributed by atoms with E-state index in [1.165, 1.54) is 12.1 Å².